The molecule has 0 unspecified atom stereocenters. The average molecular weight is 325 g/mol. The highest BCUT2D eigenvalue weighted by Gasteiger charge is 2.31. The summed E-state index contributed by atoms with van der Waals surface area (Å²) >= 11 is 5.56. The number of urea groups is 1. The van der Waals surface area contributed by atoms with Gasteiger partial charge in [0.25, 0.3) is 0 Å². The molecule has 0 aliphatic rings. The second kappa shape index (κ2) is 7.16. The van der Waals surface area contributed by atoms with E-state index in [9.17, 15) is 22.8 Å². The second-order valence-electron chi connectivity index (χ2n) is 3.84. The molecule has 0 saturated carbocycles. The van der Waals surface area contributed by atoms with E-state index in [0.29, 0.717) is 0 Å². The quantitative estimate of drug-likeness (QED) is 0.837. The molecule has 0 aliphatic carbocycles. The van der Waals surface area contributed by atoms with Crippen LogP contribution in [0.1, 0.15) is 12.5 Å². The fourth-order valence-corrected chi connectivity index (χ4v) is 1.60. The highest BCUT2D eigenvalue weighted by atomic mass is 35.5. The van der Waals surface area contributed by atoms with Crippen LogP contribution in [0.15, 0.2) is 18.2 Å². The first kappa shape index (κ1) is 17.1. The van der Waals surface area contributed by atoms with Gasteiger partial charge in [0.05, 0.1) is 12.2 Å². The molecule has 1 rings (SSSR count). The van der Waals surface area contributed by atoms with Gasteiger partial charge < -0.3 is 15.4 Å². The maximum absolute atomic E-state index is 12.6. The first-order valence-corrected chi connectivity index (χ1v) is 6.18. The number of rotatable bonds is 4. The highest BCUT2D eigenvalue weighted by Crippen LogP contribution is 2.33. The number of carbonyl (C=O) groups is 2. The summed E-state index contributed by atoms with van der Waals surface area (Å²) < 4.78 is 42.3. The lowest BCUT2D eigenvalue weighted by molar-refractivity contribution is -0.141. The van der Waals surface area contributed by atoms with E-state index in [4.69, 9.17) is 11.6 Å². The molecule has 0 fully saturated rings. The van der Waals surface area contributed by atoms with Crippen molar-refractivity contribution in [3.8, 4) is 0 Å². The van der Waals surface area contributed by atoms with Crippen molar-refractivity contribution < 1.29 is 27.5 Å². The van der Waals surface area contributed by atoms with Crippen LogP contribution in [0.3, 0.4) is 0 Å². The van der Waals surface area contributed by atoms with E-state index in [1.54, 1.807) is 6.92 Å². The Morgan fingerprint density at radius 1 is 1.29 bits per heavy atom. The average Bonchev–Trinajstić information content (AvgIpc) is 2.35. The number of nitrogens with one attached hydrogen (secondary N) is 2. The van der Waals surface area contributed by atoms with Crippen LogP contribution in [0.5, 0.6) is 0 Å². The summed E-state index contributed by atoms with van der Waals surface area (Å²) in [6.45, 7) is 1.36. The smallest absolute Gasteiger partial charge is 0.416 e. The topological polar surface area (TPSA) is 67.4 Å². The molecule has 5 nitrogen and oxygen atoms in total. The summed E-state index contributed by atoms with van der Waals surface area (Å²) in [6.07, 6.45) is -4.58. The minimum atomic E-state index is -4.58. The van der Waals surface area contributed by atoms with Crippen molar-refractivity contribution in [3.05, 3.63) is 28.8 Å². The predicted molar refractivity (Wildman–Crippen MR) is 70.1 cm³/mol. The minimum Gasteiger partial charge on any atom is -0.465 e. The van der Waals surface area contributed by atoms with Gasteiger partial charge in [-0.15, -0.1) is 0 Å². The number of hydrogen-bond donors (Lipinski definition) is 2. The number of benzene rings is 1. The highest BCUT2D eigenvalue weighted by molar-refractivity contribution is 6.31. The summed E-state index contributed by atoms with van der Waals surface area (Å²) in [5.74, 6) is -0.658. The van der Waals surface area contributed by atoms with Crippen molar-refractivity contribution in [1.82, 2.24) is 5.32 Å². The zero-order chi connectivity index (χ0) is 16.0. The van der Waals surface area contributed by atoms with E-state index >= 15 is 0 Å². The number of amides is 2. The van der Waals surface area contributed by atoms with Gasteiger partial charge in [-0.1, -0.05) is 11.6 Å². The Morgan fingerprint density at radius 3 is 2.52 bits per heavy atom. The van der Waals surface area contributed by atoms with Crippen molar-refractivity contribution >= 4 is 29.3 Å². The zero-order valence-corrected chi connectivity index (χ0v) is 11.6. The van der Waals surface area contributed by atoms with Crippen LogP contribution in [0.25, 0.3) is 0 Å². The third-order valence-corrected chi connectivity index (χ3v) is 2.40. The van der Waals surface area contributed by atoms with Crippen LogP contribution in [0.4, 0.5) is 23.7 Å². The second-order valence-corrected chi connectivity index (χ2v) is 4.28. The van der Waals surface area contributed by atoms with Crippen LogP contribution in [0, 0.1) is 0 Å². The van der Waals surface area contributed by atoms with Crippen molar-refractivity contribution in [2.45, 2.75) is 13.1 Å². The van der Waals surface area contributed by atoms with E-state index in [0.717, 1.165) is 18.2 Å². The monoisotopic (exact) mass is 324 g/mol. The first-order chi connectivity index (χ1) is 9.72. The molecule has 1 aromatic carbocycles. The standard InChI is InChI=1S/C12H12ClF3N2O3/c1-2-21-10(19)6-17-11(20)18-9-4-7(12(14,15)16)3-8(13)5-9/h3-5H,2,6H2,1H3,(H2,17,18,20). The molecule has 1 aromatic rings. The third-order valence-electron chi connectivity index (χ3n) is 2.18. The fraction of sp³-hybridized carbons (Fsp3) is 0.333. The van der Waals surface area contributed by atoms with Gasteiger partial charge in [0, 0.05) is 10.7 Å². The van der Waals surface area contributed by atoms with Crippen molar-refractivity contribution in [2.75, 3.05) is 18.5 Å². The maximum atomic E-state index is 12.6. The molecule has 116 valence electrons. The molecule has 0 aliphatic heterocycles. The molecular weight excluding hydrogens is 313 g/mol. The summed E-state index contributed by atoms with van der Waals surface area (Å²) in [7, 11) is 0. The molecule has 0 saturated heterocycles. The van der Waals surface area contributed by atoms with Gasteiger partial charge in [0.15, 0.2) is 0 Å². The van der Waals surface area contributed by atoms with Crippen LogP contribution in [-0.4, -0.2) is 25.2 Å². The molecule has 9 heteroatoms. The molecule has 0 bridgehead atoms. The summed E-state index contributed by atoms with van der Waals surface area (Å²) in [5.41, 5.74) is -1.13. The molecule has 21 heavy (non-hydrogen) atoms. The Labute approximate surface area is 123 Å². The molecule has 0 spiro atoms. The lowest BCUT2D eigenvalue weighted by atomic mass is 10.2. The van der Waals surface area contributed by atoms with E-state index in [2.05, 4.69) is 15.4 Å². The Kier molecular flexibility index (Phi) is 5.83. The number of carbonyl (C=O) groups excluding carboxylic acids is 2. The van der Waals surface area contributed by atoms with Crippen LogP contribution < -0.4 is 10.6 Å². The van der Waals surface area contributed by atoms with E-state index in [1.165, 1.54) is 0 Å². The number of anilines is 1. The van der Waals surface area contributed by atoms with Gasteiger partial charge in [-0.25, -0.2) is 4.79 Å². The van der Waals surface area contributed by atoms with Gasteiger partial charge in [-0.05, 0) is 25.1 Å². The van der Waals surface area contributed by atoms with Crippen LogP contribution >= 0.6 is 11.6 Å². The van der Waals surface area contributed by atoms with Crippen molar-refractivity contribution in [3.63, 3.8) is 0 Å². The van der Waals surface area contributed by atoms with Crippen molar-refractivity contribution in [2.24, 2.45) is 0 Å². The van der Waals surface area contributed by atoms with Crippen molar-refractivity contribution in [1.29, 1.82) is 0 Å². The largest absolute Gasteiger partial charge is 0.465 e. The zero-order valence-electron chi connectivity index (χ0n) is 10.9. The molecule has 0 heterocycles. The Balaban J connectivity index is 2.68. The molecule has 0 aromatic heterocycles. The lowest BCUT2D eigenvalue weighted by Crippen LogP contribution is -2.34. The summed E-state index contributed by atoms with van der Waals surface area (Å²) in [5, 5.41) is 4.12. The minimum absolute atomic E-state index is 0.142. The lowest BCUT2D eigenvalue weighted by Gasteiger charge is -2.11. The normalized spacial score (nSPS) is 10.9. The number of alkyl halides is 3. The Morgan fingerprint density at radius 2 is 1.95 bits per heavy atom. The fourth-order valence-electron chi connectivity index (χ4n) is 1.37. The Bertz CT molecular complexity index is 535. The van der Waals surface area contributed by atoms with Gasteiger partial charge in [0.1, 0.15) is 6.54 Å². The third kappa shape index (κ3) is 5.90. The van der Waals surface area contributed by atoms with Gasteiger partial charge in [-0.2, -0.15) is 13.2 Å². The number of ether oxygens (including phenoxy) is 1. The molecule has 2 N–H and O–H groups in total. The van der Waals surface area contributed by atoms with Gasteiger partial charge in [-0.3, -0.25) is 4.79 Å². The SMILES string of the molecule is CCOC(=O)CNC(=O)Nc1cc(Cl)cc(C(F)(F)F)c1. The number of esters is 1. The van der Waals surface area contributed by atoms with Crippen LogP contribution in [0.2, 0.25) is 5.02 Å². The maximum Gasteiger partial charge on any atom is 0.416 e. The van der Waals surface area contributed by atoms with E-state index in [-0.39, 0.29) is 17.3 Å². The molecule has 2 amide bonds. The van der Waals surface area contributed by atoms with Gasteiger partial charge >= 0.3 is 18.2 Å². The molecule has 0 atom stereocenters. The summed E-state index contributed by atoms with van der Waals surface area (Å²) in [6, 6.07) is 1.78. The van der Waals surface area contributed by atoms with Gasteiger partial charge in [0.2, 0.25) is 0 Å². The number of halogens is 4. The van der Waals surface area contributed by atoms with E-state index in [1.807, 2.05) is 0 Å². The van der Waals surface area contributed by atoms with E-state index < -0.39 is 30.3 Å². The molecule has 0 radical (unpaired) electrons. The predicted octanol–water partition coefficient (Wildman–Crippen LogP) is 3.04. The number of hydrogen-bond acceptors (Lipinski definition) is 3. The Hall–Kier alpha value is -1.96. The van der Waals surface area contributed by atoms with Crippen LogP contribution in [-0.2, 0) is 15.7 Å². The first-order valence-electron chi connectivity index (χ1n) is 5.80. The molecular formula is C12H12ClF3N2O3. The summed E-state index contributed by atoms with van der Waals surface area (Å²) in [4.78, 5) is 22.4.